The fourth-order valence-electron chi connectivity index (χ4n) is 1.37. The highest BCUT2D eigenvalue weighted by Gasteiger charge is 2.59. The van der Waals surface area contributed by atoms with E-state index in [0.29, 0.717) is 6.42 Å². The highest BCUT2D eigenvalue weighted by molar-refractivity contribution is 5.00. The molecule has 0 aromatic rings. The molecule has 2 nitrogen and oxygen atoms in total. The molecule has 1 fully saturated rings. The summed E-state index contributed by atoms with van der Waals surface area (Å²) < 4.78 is 36.2. The summed E-state index contributed by atoms with van der Waals surface area (Å²) in [6, 6.07) is -1.15. The number of hydrogen-bond donors (Lipinski definition) is 2. The van der Waals surface area contributed by atoms with Crippen molar-refractivity contribution in [3.63, 3.8) is 0 Å². The molecule has 0 saturated heterocycles. The molecule has 0 bridgehead atoms. The molecule has 2 atom stereocenters. The maximum absolute atomic E-state index is 12.1. The van der Waals surface area contributed by atoms with Crippen LogP contribution in [0.4, 0.5) is 13.2 Å². The number of halogens is 3. The summed E-state index contributed by atoms with van der Waals surface area (Å²) in [5.41, 5.74) is 2.50. The van der Waals surface area contributed by atoms with E-state index in [0.717, 1.165) is 0 Å². The van der Waals surface area contributed by atoms with E-state index in [1.165, 1.54) is 0 Å². The molecule has 3 N–H and O–H groups in total. The Labute approximate surface area is 62.2 Å². The molecule has 0 spiro atoms. The summed E-state index contributed by atoms with van der Waals surface area (Å²) in [6.45, 7) is 0. The molecular formula is C6H10F3NO. The lowest BCUT2D eigenvalue weighted by Gasteiger charge is -2.29. The van der Waals surface area contributed by atoms with Gasteiger partial charge in [-0.1, -0.05) is 0 Å². The lowest BCUT2D eigenvalue weighted by molar-refractivity contribution is -0.261. The van der Waals surface area contributed by atoms with E-state index in [-0.39, 0.29) is 12.8 Å². The van der Waals surface area contributed by atoms with Crippen LogP contribution in [-0.4, -0.2) is 22.9 Å². The molecule has 1 aliphatic carbocycles. The molecule has 0 heterocycles. The Kier molecular flexibility index (Phi) is 1.88. The van der Waals surface area contributed by atoms with Crippen molar-refractivity contribution >= 4 is 0 Å². The van der Waals surface area contributed by atoms with Gasteiger partial charge in [-0.25, -0.2) is 0 Å². The Bertz CT molecular complexity index is 158. The van der Waals surface area contributed by atoms with Crippen LogP contribution in [0.15, 0.2) is 0 Å². The van der Waals surface area contributed by atoms with E-state index in [1.54, 1.807) is 0 Å². The molecular weight excluding hydrogens is 159 g/mol. The van der Waals surface area contributed by atoms with E-state index in [4.69, 9.17) is 10.8 Å². The maximum Gasteiger partial charge on any atom is 0.418 e. The standard InChI is InChI=1S/C6H10F3NO/c7-6(8,9)5(11)3-1-2-4(5)10/h4,11H,1-3,10H2/t4-,5-/m1/s1. The molecule has 0 unspecified atom stereocenters. The number of rotatable bonds is 0. The van der Waals surface area contributed by atoms with E-state index < -0.39 is 17.8 Å². The Morgan fingerprint density at radius 2 is 2.00 bits per heavy atom. The first-order valence-corrected chi connectivity index (χ1v) is 3.42. The first kappa shape index (κ1) is 8.80. The number of aliphatic hydroxyl groups is 1. The van der Waals surface area contributed by atoms with Crippen LogP contribution < -0.4 is 5.73 Å². The van der Waals surface area contributed by atoms with Crippen LogP contribution in [0.3, 0.4) is 0 Å². The molecule has 0 amide bonds. The van der Waals surface area contributed by atoms with Crippen molar-refractivity contribution in [1.29, 1.82) is 0 Å². The third-order valence-electron chi connectivity index (χ3n) is 2.18. The molecule has 0 radical (unpaired) electrons. The molecule has 1 aliphatic rings. The van der Waals surface area contributed by atoms with Crippen molar-refractivity contribution < 1.29 is 18.3 Å². The van der Waals surface area contributed by atoms with Gasteiger partial charge in [0.1, 0.15) is 0 Å². The summed E-state index contributed by atoms with van der Waals surface area (Å²) in [6.07, 6.45) is -4.26. The minimum absolute atomic E-state index is 0.246. The smallest absolute Gasteiger partial charge is 0.379 e. The number of alkyl halides is 3. The summed E-state index contributed by atoms with van der Waals surface area (Å²) in [5.74, 6) is 0. The van der Waals surface area contributed by atoms with E-state index in [9.17, 15) is 13.2 Å². The second kappa shape index (κ2) is 2.35. The predicted molar refractivity (Wildman–Crippen MR) is 32.8 cm³/mol. The SMILES string of the molecule is N[C@@H]1CCC[C@]1(O)C(F)(F)F. The van der Waals surface area contributed by atoms with Crippen LogP contribution >= 0.6 is 0 Å². The highest BCUT2D eigenvalue weighted by atomic mass is 19.4. The molecule has 1 saturated carbocycles. The molecule has 11 heavy (non-hydrogen) atoms. The van der Waals surface area contributed by atoms with Crippen molar-refractivity contribution in [1.82, 2.24) is 0 Å². The molecule has 0 aliphatic heterocycles. The maximum atomic E-state index is 12.1. The quantitative estimate of drug-likeness (QED) is 0.563. The Hall–Kier alpha value is -0.290. The third-order valence-corrected chi connectivity index (χ3v) is 2.18. The van der Waals surface area contributed by atoms with Crippen molar-refractivity contribution in [2.75, 3.05) is 0 Å². The molecule has 1 rings (SSSR count). The van der Waals surface area contributed by atoms with Gasteiger partial charge in [0.15, 0.2) is 5.60 Å². The minimum atomic E-state index is -4.58. The zero-order chi connectivity index (χ0) is 8.70. The van der Waals surface area contributed by atoms with E-state index >= 15 is 0 Å². The summed E-state index contributed by atoms with van der Waals surface area (Å²) in [4.78, 5) is 0. The van der Waals surface area contributed by atoms with Gasteiger partial charge in [-0.05, 0) is 19.3 Å². The summed E-state index contributed by atoms with van der Waals surface area (Å²) in [7, 11) is 0. The zero-order valence-corrected chi connectivity index (χ0v) is 5.86. The van der Waals surface area contributed by atoms with Crippen LogP contribution in [0, 0.1) is 0 Å². The van der Waals surface area contributed by atoms with Crippen molar-refractivity contribution in [3.8, 4) is 0 Å². The molecule has 5 heteroatoms. The van der Waals surface area contributed by atoms with Crippen LogP contribution in [-0.2, 0) is 0 Å². The lowest BCUT2D eigenvalue weighted by atomic mass is 9.98. The first-order valence-electron chi connectivity index (χ1n) is 3.42. The van der Waals surface area contributed by atoms with Gasteiger partial charge in [-0.3, -0.25) is 0 Å². The highest BCUT2D eigenvalue weighted by Crippen LogP contribution is 2.41. The predicted octanol–water partition coefficient (Wildman–Crippen LogP) is 0.791. The summed E-state index contributed by atoms with van der Waals surface area (Å²) in [5, 5.41) is 9.05. The van der Waals surface area contributed by atoms with Gasteiger partial charge >= 0.3 is 6.18 Å². The van der Waals surface area contributed by atoms with Crippen molar-refractivity contribution in [2.24, 2.45) is 5.73 Å². The fourth-order valence-corrected chi connectivity index (χ4v) is 1.37. The average Bonchev–Trinajstić information content (AvgIpc) is 2.12. The van der Waals surface area contributed by atoms with Crippen LogP contribution in [0.1, 0.15) is 19.3 Å². The average molecular weight is 169 g/mol. The summed E-state index contributed by atoms with van der Waals surface area (Å²) >= 11 is 0. The van der Waals surface area contributed by atoms with Gasteiger partial charge < -0.3 is 10.8 Å². The third kappa shape index (κ3) is 1.22. The van der Waals surface area contributed by atoms with Gasteiger partial charge in [0, 0.05) is 6.04 Å². The Morgan fingerprint density at radius 3 is 2.18 bits per heavy atom. The largest absolute Gasteiger partial charge is 0.418 e. The van der Waals surface area contributed by atoms with E-state index in [1.807, 2.05) is 0 Å². The van der Waals surface area contributed by atoms with Crippen LogP contribution in [0.2, 0.25) is 0 Å². The van der Waals surface area contributed by atoms with Gasteiger partial charge in [-0.2, -0.15) is 13.2 Å². The minimum Gasteiger partial charge on any atom is -0.379 e. The van der Waals surface area contributed by atoms with Crippen LogP contribution in [0.25, 0.3) is 0 Å². The zero-order valence-electron chi connectivity index (χ0n) is 5.86. The normalized spacial score (nSPS) is 39.5. The van der Waals surface area contributed by atoms with E-state index in [2.05, 4.69) is 0 Å². The van der Waals surface area contributed by atoms with Gasteiger partial charge in [0.05, 0.1) is 0 Å². The van der Waals surface area contributed by atoms with Gasteiger partial charge in [0.2, 0.25) is 0 Å². The van der Waals surface area contributed by atoms with Gasteiger partial charge in [0.25, 0.3) is 0 Å². The lowest BCUT2D eigenvalue weighted by Crippen LogP contribution is -2.54. The Balaban J connectivity index is 2.81. The number of nitrogens with two attached hydrogens (primary N) is 1. The first-order chi connectivity index (χ1) is 4.88. The topological polar surface area (TPSA) is 46.2 Å². The van der Waals surface area contributed by atoms with Gasteiger partial charge in [-0.15, -0.1) is 0 Å². The monoisotopic (exact) mass is 169 g/mol. The number of hydrogen-bond acceptors (Lipinski definition) is 2. The molecule has 0 aromatic heterocycles. The second-order valence-electron chi connectivity index (χ2n) is 2.92. The molecule has 66 valence electrons. The van der Waals surface area contributed by atoms with Crippen molar-refractivity contribution in [3.05, 3.63) is 0 Å². The van der Waals surface area contributed by atoms with Crippen LogP contribution in [0.5, 0.6) is 0 Å². The fraction of sp³-hybridized carbons (Fsp3) is 1.00. The van der Waals surface area contributed by atoms with Crippen molar-refractivity contribution in [2.45, 2.75) is 37.1 Å². The molecule has 0 aromatic carbocycles. The Morgan fingerprint density at radius 1 is 1.45 bits per heavy atom. The second-order valence-corrected chi connectivity index (χ2v) is 2.92.